The standard InChI is InChI=1S/C9H18O.2C5H10O/c1-3-5-7-9(10)8-6-4-2;1-4(2)5(3)6;1-3-4-5(2)6/h3-8H2,1-2H3;4H,1-3H3;3-4H2,1-2H3. The summed E-state index contributed by atoms with van der Waals surface area (Å²) in [5.74, 6) is 1.21. The van der Waals surface area contributed by atoms with Crippen LogP contribution in [0.15, 0.2) is 0 Å². The number of unbranched alkanes of at least 4 members (excludes halogenated alkanes) is 2. The molecule has 0 fully saturated rings. The average Bonchev–Trinajstić information content (AvgIpc) is 2.43. The van der Waals surface area contributed by atoms with Crippen molar-refractivity contribution in [1.29, 1.82) is 0 Å². The number of rotatable bonds is 9. The van der Waals surface area contributed by atoms with Gasteiger partial charge >= 0.3 is 0 Å². The molecule has 0 aromatic heterocycles. The third kappa shape index (κ3) is 31.4. The molecule has 0 radical (unpaired) electrons. The maximum Gasteiger partial charge on any atom is 0.132 e. The first-order valence-electron chi connectivity index (χ1n) is 8.74. The molecule has 0 aliphatic carbocycles. The topological polar surface area (TPSA) is 51.2 Å². The van der Waals surface area contributed by atoms with Crippen LogP contribution in [-0.4, -0.2) is 17.3 Å². The highest BCUT2D eigenvalue weighted by molar-refractivity contribution is 5.78. The largest absolute Gasteiger partial charge is 0.300 e. The third-order valence-corrected chi connectivity index (χ3v) is 3.03. The van der Waals surface area contributed by atoms with Gasteiger partial charge in [0.1, 0.15) is 17.3 Å². The lowest BCUT2D eigenvalue weighted by Crippen LogP contribution is -1.98. The summed E-state index contributed by atoms with van der Waals surface area (Å²) in [4.78, 5) is 31.1. The van der Waals surface area contributed by atoms with Crippen LogP contribution >= 0.6 is 0 Å². The Morgan fingerprint density at radius 2 is 1.09 bits per heavy atom. The number of carbonyl (C=O) groups is 3. The van der Waals surface area contributed by atoms with Crippen molar-refractivity contribution >= 4 is 17.3 Å². The second-order valence-electron chi connectivity index (χ2n) is 5.96. The zero-order valence-corrected chi connectivity index (χ0v) is 16.0. The monoisotopic (exact) mass is 314 g/mol. The van der Waals surface area contributed by atoms with Crippen LogP contribution in [0.5, 0.6) is 0 Å². The summed E-state index contributed by atoms with van der Waals surface area (Å²) in [7, 11) is 0. The van der Waals surface area contributed by atoms with Crippen molar-refractivity contribution in [2.45, 2.75) is 99.8 Å². The molecule has 0 amide bonds. The molecule has 0 unspecified atom stereocenters. The van der Waals surface area contributed by atoms with E-state index in [9.17, 15) is 14.4 Å². The fraction of sp³-hybridized carbons (Fsp3) is 0.842. The Hall–Kier alpha value is -0.990. The number of Topliss-reactive ketones (excluding diaryl/α,β-unsaturated/α-hetero) is 3. The SMILES string of the molecule is CC(=O)C(C)C.CCCC(C)=O.CCCCC(=O)CCCC. The highest BCUT2D eigenvalue weighted by Crippen LogP contribution is 2.02. The fourth-order valence-corrected chi connectivity index (χ4v) is 1.22. The summed E-state index contributed by atoms with van der Waals surface area (Å²) < 4.78 is 0. The van der Waals surface area contributed by atoms with Crippen LogP contribution < -0.4 is 0 Å². The van der Waals surface area contributed by atoms with Gasteiger partial charge in [0.25, 0.3) is 0 Å². The van der Waals surface area contributed by atoms with E-state index < -0.39 is 0 Å². The molecule has 0 saturated carbocycles. The van der Waals surface area contributed by atoms with Gasteiger partial charge in [-0.25, -0.2) is 0 Å². The van der Waals surface area contributed by atoms with Crippen molar-refractivity contribution < 1.29 is 14.4 Å². The van der Waals surface area contributed by atoms with Crippen molar-refractivity contribution in [3.05, 3.63) is 0 Å². The Kier molecular flexibility index (Phi) is 23.6. The first-order valence-corrected chi connectivity index (χ1v) is 8.74. The minimum absolute atomic E-state index is 0.213. The van der Waals surface area contributed by atoms with E-state index in [2.05, 4.69) is 13.8 Å². The van der Waals surface area contributed by atoms with E-state index in [-0.39, 0.29) is 17.5 Å². The molecule has 0 heterocycles. The minimum Gasteiger partial charge on any atom is -0.300 e. The van der Waals surface area contributed by atoms with E-state index >= 15 is 0 Å². The summed E-state index contributed by atoms with van der Waals surface area (Å²) in [5.41, 5.74) is 0. The molecule has 3 heteroatoms. The number of hydrogen-bond donors (Lipinski definition) is 0. The van der Waals surface area contributed by atoms with Gasteiger partial charge in [0.15, 0.2) is 0 Å². The first kappa shape index (κ1) is 25.9. The quantitative estimate of drug-likeness (QED) is 0.561. The van der Waals surface area contributed by atoms with Crippen molar-refractivity contribution in [2.24, 2.45) is 5.92 Å². The van der Waals surface area contributed by atoms with Gasteiger partial charge in [-0.15, -0.1) is 0 Å². The molecule has 0 atom stereocenters. The highest BCUT2D eigenvalue weighted by atomic mass is 16.1. The Bertz CT molecular complexity index is 270. The van der Waals surface area contributed by atoms with Crippen LogP contribution in [0.25, 0.3) is 0 Å². The zero-order valence-electron chi connectivity index (χ0n) is 16.0. The zero-order chi connectivity index (χ0) is 18.0. The second-order valence-corrected chi connectivity index (χ2v) is 5.96. The molecule has 0 spiro atoms. The molecule has 0 bridgehead atoms. The molecule has 3 nitrogen and oxygen atoms in total. The van der Waals surface area contributed by atoms with Gasteiger partial charge in [0, 0.05) is 25.2 Å². The fourth-order valence-electron chi connectivity index (χ4n) is 1.22. The van der Waals surface area contributed by atoms with E-state index in [0.29, 0.717) is 5.78 Å². The van der Waals surface area contributed by atoms with Gasteiger partial charge in [-0.05, 0) is 33.1 Å². The van der Waals surface area contributed by atoms with Gasteiger partial charge < -0.3 is 4.79 Å². The molecule has 132 valence electrons. The van der Waals surface area contributed by atoms with E-state index in [4.69, 9.17) is 0 Å². The lowest BCUT2D eigenvalue weighted by Gasteiger charge is -1.96. The molecule has 0 aliphatic rings. The molecular weight excluding hydrogens is 276 g/mol. The Morgan fingerprint density at radius 1 is 0.727 bits per heavy atom. The van der Waals surface area contributed by atoms with Crippen LogP contribution in [0, 0.1) is 5.92 Å². The molecule has 0 aliphatic heterocycles. The Labute approximate surface area is 138 Å². The molecular formula is C19H38O3. The highest BCUT2D eigenvalue weighted by Gasteiger charge is 1.98. The van der Waals surface area contributed by atoms with Gasteiger partial charge in [-0.1, -0.05) is 47.5 Å². The maximum atomic E-state index is 11.0. The number of carbonyl (C=O) groups excluding carboxylic acids is 3. The van der Waals surface area contributed by atoms with Gasteiger partial charge in [0.2, 0.25) is 0 Å². The normalized spacial score (nSPS) is 9.27. The Morgan fingerprint density at radius 3 is 1.23 bits per heavy atom. The summed E-state index contributed by atoms with van der Waals surface area (Å²) in [6.07, 6.45) is 7.74. The maximum absolute atomic E-state index is 11.0. The molecule has 22 heavy (non-hydrogen) atoms. The van der Waals surface area contributed by atoms with Crippen LogP contribution in [0.3, 0.4) is 0 Å². The lowest BCUT2D eigenvalue weighted by molar-refractivity contribution is -0.120. The molecule has 0 aromatic rings. The molecule has 0 rings (SSSR count). The predicted octanol–water partition coefficient (Wildman–Crippen LogP) is 5.54. The summed E-state index contributed by atoms with van der Waals surface area (Å²) >= 11 is 0. The number of hydrogen-bond acceptors (Lipinski definition) is 3. The smallest absolute Gasteiger partial charge is 0.132 e. The molecule has 0 N–H and O–H groups in total. The third-order valence-electron chi connectivity index (χ3n) is 3.03. The van der Waals surface area contributed by atoms with Crippen LogP contribution in [0.1, 0.15) is 99.8 Å². The van der Waals surface area contributed by atoms with E-state index in [1.807, 2.05) is 20.8 Å². The predicted molar refractivity (Wildman–Crippen MR) is 95.2 cm³/mol. The molecule has 0 saturated heterocycles. The number of ketones is 3. The summed E-state index contributed by atoms with van der Waals surface area (Å²) in [6.45, 7) is 13.2. The summed E-state index contributed by atoms with van der Waals surface area (Å²) in [5, 5.41) is 0. The van der Waals surface area contributed by atoms with Crippen molar-refractivity contribution in [1.82, 2.24) is 0 Å². The van der Waals surface area contributed by atoms with Crippen molar-refractivity contribution in [3.8, 4) is 0 Å². The van der Waals surface area contributed by atoms with E-state index in [1.54, 1.807) is 13.8 Å². The lowest BCUT2D eigenvalue weighted by atomic mass is 10.1. The first-order chi connectivity index (χ1) is 10.2. The summed E-state index contributed by atoms with van der Waals surface area (Å²) in [6, 6.07) is 0. The Balaban J connectivity index is -0.000000261. The van der Waals surface area contributed by atoms with Gasteiger partial charge in [-0.3, -0.25) is 9.59 Å². The van der Waals surface area contributed by atoms with Crippen LogP contribution in [0.4, 0.5) is 0 Å². The van der Waals surface area contributed by atoms with E-state index in [1.165, 1.54) is 0 Å². The molecule has 0 aromatic carbocycles. The van der Waals surface area contributed by atoms with Crippen LogP contribution in [0.2, 0.25) is 0 Å². The van der Waals surface area contributed by atoms with Crippen molar-refractivity contribution in [3.63, 3.8) is 0 Å². The second kappa shape index (κ2) is 20.0. The van der Waals surface area contributed by atoms with Gasteiger partial charge in [-0.2, -0.15) is 0 Å². The van der Waals surface area contributed by atoms with Gasteiger partial charge in [0.05, 0.1) is 0 Å². The van der Waals surface area contributed by atoms with E-state index in [0.717, 1.165) is 51.4 Å². The average molecular weight is 315 g/mol. The van der Waals surface area contributed by atoms with Crippen molar-refractivity contribution in [2.75, 3.05) is 0 Å². The van der Waals surface area contributed by atoms with Crippen LogP contribution in [-0.2, 0) is 14.4 Å². The minimum atomic E-state index is 0.213.